The smallest absolute Gasteiger partial charge is 0.131 e. The van der Waals surface area contributed by atoms with Gasteiger partial charge in [0.05, 0.1) is 12.7 Å². The summed E-state index contributed by atoms with van der Waals surface area (Å²) in [4.78, 5) is 6.48. The molecule has 1 aliphatic carbocycles. The Bertz CT molecular complexity index is 1070. The number of nitrogens with two attached hydrogens (primary N) is 1. The van der Waals surface area contributed by atoms with Gasteiger partial charge < -0.3 is 20.7 Å². The zero-order chi connectivity index (χ0) is 20.7. The van der Waals surface area contributed by atoms with E-state index in [2.05, 4.69) is 22.2 Å². The third-order valence-electron chi connectivity index (χ3n) is 6.44. The topological polar surface area (TPSA) is 63.4 Å². The fourth-order valence-electron chi connectivity index (χ4n) is 4.99. The standard InChI is InChI=1S/C24H27FN4O/c1-29-14-24(15-29)10-18(11-24)30-13-16-5-6-17(21(25)9-16)12-28-22-4-2-3-20-19(22)7-8-27-23(20)26/h2-9,18,28H,10-15H2,1H3,(H2,26,27). The highest BCUT2D eigenvalue weighted by atomic mass is 19.1. The summed E-state index contributed by atoms with van der Waals surface area (Å²) < 4.78 is 20.6. The Morgan fingerprint density at radius 1 is 1.20 bits per heavy atom. The number of ether oxygens (including phenoxy) is 1. The van der Waals surface area contributed by atoms with Crippen molar-refractivity contribution in [3.8, 4) is 0 Å². The number of hydrogen-bond donors (Lipinski definition) is 2. The van der Waals surface area contributed by atoms with Crippen LogP contribution in [0.15, 0.2) is 48.7 Å². The number of benzene rings is 2. The number of pyridine rings is 1. The van der Waals surface area contributed by atoms with Crippen LogP contribution in [0.2, 0.25) is 0 Å². The summed E-state index contributed by atoms with van der Waals surface area (Å²) in [5.74, 6) is 0.282. The second-order valence-electron chi connectivity index (χ2n) is 8.89. The van der Waals surface area contributed by atoms with E-state index in [1.807, 2.05) is 36.4 Å². The monoisotopic (exact) mass is 406 g/mol. The van der Waals surface area contributed by atoms with E-state index in [0.29, 0.717) is 36.1 Å². The van der Waals surface area contributed by atoms with Gasteiger partial charge in [0.1, 0.15) is 11.6 Å². The highest BCUT2D eigenvalue weighted by Crippen LogP contribution is 2.49. The predicted molar refractivity (Wildman–Crippen MR) is 118 cm³/mol. The number of halogens is 1. The van der Waals surface area contributed by atoms with E-state index in [1.54, 1.807) is 12.3 Å². The van der Waals surface area contributed by atoms with Crippen LogP contribution in [0.5, 0.6) is 0 Å². The molecule has 2 aromatic carbocycles. The van der Waals surface area contributed by atoms with Crippen LogP contribution in [-0.2, 0) is 17.9 Å². The summed E-state index contributed by atoms with van der Waals surface area (Å²) in [5.41, 5.74) is 8.87. The molecule has 6 heteroatoms. The molecule has 1 saturated carbocycles. The van der Waals surface area contributed by atoms with E-state index >= 15 is 0 Å². The molecule has 156 valence electrons. The quantitative estimate of drug-likeness (QED) is 0.643. The van der Waals surface area contributed by atoms with Gasteiger partial charge in [0, 0.05) is 53.3 Å². The first-order chi connectivity index (χ1) is 14.5. The van der Waals surface area contributed by atoms with Gasteiger partial charge in [-0.15, -0.1) is 0 Å². The summed E-state index contributed by atoms with van der Waals surface area (Å²) in [6, 6.07) is 13.1. The van der Waals surface area contributed by atoms with Crippen molar-refractivity contribution in [2.45, 2.75) is 32.1 Å². The number of likely N-dealkylation sites (tertiary alicyclic amines) is 1. The lowest BCUT2D eigenvalue weighted by Crippen LogP contribution is -2.62. The van der Waals surface area contributed by atoms with Gasteiger partial charge in [-0.05, 0) is 43.7 Å². The van der Waals surface area contributed by atoms with Gasteiger partial charge >= 0.3 is 0 Å². The molecule has 0 atom stereocenters. The SMILES string of the molecule is CN1CC2(CC(OCc3ccc(CNc4cccc5c(N)nccc45)c(F)c3)C2)C1. The largest absolute Gasteiger partial charge is 0.383 e. The lowest BCUT2D eigenvalue weighted by atomic mass is 9.62. The Morgan fingerprint density at radius 2 is 2.03 bits per heavy atom. The lowest BCUT2D eigenvalue weighted by Gasteiger charge is -2.57. The molecule has 1 aromatic heterocycles. The molecule has 0 bridgehead atoms. The van der Waals surface area contributed by atoms with Gasteiger partial charge in [-0.2, -0.15) is 0 Å². The molecular weight excluding hydrogens is 379 g/mol. The summed E-state index contributed by atoms with van der Waals surface area (Å²) in [6.07, 6.45) is 4.27. The van der Waals surface area contributed by atoms with Crippen molar-refractivity contribution < 1.29 is 9.13 Å². The van der Waals surface area contributed by atoms with E-state index in [-0.39, 0.29) is 5.82 Å². The lowest BCUT2D eigenvalue weighted by molar-refractivity contribution is -0.148. The van der Waals surface area contributed by atoms with Crippen molar-refractivity contribution in [1.29, 1.82) is 0 Å². The molecule has 2 heterocycles. The summed E-state index contributed by atoms with van der Waals surface area (Å²) in [6.45, 7) is 3.23. The molecule has 3 N–H and O–H groups in total. The molecule has 30 heavy (non-hydrogen) atoms. The fraction of sp³-hybridized carbons (Fsp3) is 0.375. The Morgan fingerprint density at radius 3 is 2.80 bits per heavy atom. The number of nitrogen functional groups attached to an aromatic ring is 1. The van der Waals surface area contributed by atoms with Gasteiger partial charge in [-0.1, -0.05) is 24.3 Å². The molecule has 1 aliphatic heterocycles. The average Bonchev–Trinajstić information content (AvgIpc) is 2.68. The Kier molecular flexibility index (Phi) is 4.83. The molecule has 1 spiro atoms. The van der Waals surface area contributed by atoms with Crippen LogP contribution in [0, 0.1) is 11.2 Å². The van der Waals surface area contributed by atoms with Crippen molar-refractivity contribution in [1.82, 2.24) is 9.88 Å². The predicted octanol–water partition coefficient (Wildman–Crippen LogP) is 4.18. The average molecular weight is 407 g/mol. The van der Waals surface area contributed by atoms with Crippen LogP contribution in [0.1, 0.15) is 24.0 Å². The third kappa shape index (κ3) is 3.61. The summed E-state index contributed by atoms with van der Waals surface area (Å²) in [7, 11) is 2.16. The van der Waals surface area contributed by atoms with Crippen LogP contribution < -0.4 is 11.1 Å². The molecule has 3 aromatic rings. The number of aromatic nitrogens is 1. The van der Waals surface area contributed by atoms with Crippen LogP contribution in [0.25, 0.3) is 10.8 Å². The van der Waals surface area contributed by atoms with Crippen molar-refractivity contribution in [3.63, 3.8) is 0 Å². The highest BCUT2D eigenvalue weighted by molar-refractivity contribution is 5.99. The Labute approximate surface area is 176 Å². The van der Waals surface area contributed by atoms with E-state index in [9.17, 15) is 4.39 Å². The van der Waals surface area contributed by atoms with Gasteiger partial charge in [-0.25, -0.2) is 9.37 Å². The number of nitrogens with zero attached hydrogens (tertiary/aromatic N) is 2. The third-order valence-corrected chi connectivity index (χ3v) is 6.44. The van der Waals surface area contributed by atoms with Crippen LogP contribution in [0.4, 0.5) is 15.9 Å². The highest BCUT2D eigenvalue weighted by Gasteiger charge is 2.51. The number of hydrogen-bond acceptors (Lipinski definition) is 5. The van der Waals surface area contributed by atoms with E-state index < -0.39 is 0 Å². The van der Waals surface area contributed by atoms with E-state index in [4.69, 9.17) is 10.5 Å². The summed E-state index contributed by atoms with van der Waals surface area (Å²) in [5, 5.41) is 5.20. The number of fused-ring (bicyclic) bond motifs is 1. The molecule has 5 rings (SSSR count). The van der Waals surface area contributed by atoms with Crippen molar-refractivity contribution in [3.05, 3.63) is 65.6 Å². The maximum Gasteiger partial charge on any atom is 0.131 e. The molecule has 5 nitrogen and oxygen atoms in total. The summed E-state index contributed by atoms with van der Waals surface area (Å²) >= 11 is 0. The minimum absolute atomic E-state index is 0.212. The van der Waals surface area contributed by atoms with Crippen LogP contribution in [-0.4, -0.2) is 36.1 Å². The number of anilines is 2. The maximum absolute atomic E-state index is 14.6. The molecule has 0 unspecified atom stereocenters. The Hall–Kier alpha value is -2.70. The molecule has 2 aliphatic rings. The van der Waals surface area contributed by atoms with Crippen LogP contribution >= 0.6 is 0 Å². The van der Waals surface area contributed by atoms with Crippen molar-refractivity contribution in [2.24, 2.45) is 5.41 Å². The van der Waals surface area contributed by atoms with Gasteiger partial charge in [0.15, 0.2) is 0 Å². The molecule has 0 radical (unpaired) electrons. The van der Waals surface area contributed by atoms with E-state index in [1.165, 1.54) is 13.1 Å². The second-order valence-corrected chi connectivity index (χ2v) is 8.89. The van der Waals surface area contributed by atoms with Gasteiger partial charge in [-0.3, -0.25) is 0 Å². The van der Waals surface area contributed by atoms with Crippen LogP contribution in [0.3, 0.4) is 0 Å². The van der Waals surface area contributed by atoms with Gasteiger partial charge in [0.2, 0.25) is 0 Å². The molecule has 1 saturated heterocycles. The number of rotatable bonds is 6. The zero-order valence-electron chi connectivity index (χ0n) is 17.2. The normalized spacial score (nSPS) is 18.3. The molecule has 2 fully saturated rings. The zero-order valence-corrected chi connectivity index (χ0v) is 17.2. The minimum Gasteiger partial charge on any atom is -0.383 e. The Balaban J connectivity index is 1.18. The van der Waals surface area contributed by atoms with Crippen molar-refractivity contribution in [2.75, 3.05) is 31.2 Å². The van der Waals surface area contributed by atoms with Crippen molar-refractivity contribution >= 4 is 22.3 Å². The first-order valence-corrected chi connectivity index (χ1v) is 10.5. The maximum atomic E-state index is 14.6. The fourth-order valence-corrected chi connectivity index (χ4v) is 4.99. The first kappa shape index (κ1) is 19.3. The second kappa shape index (κ2) is 7.52. The minimum atomic E-state index is -0.212. The van der Waals surface area contributed by atoms with Gasteiger partial charge in [0.25, 0.3) is 0 Å². The molecule has 0 amide bonds. The first-order valence-electron chi connectivity index (χ1n) is 10.5. The van der Waals surface area contributed by atoms with E-state index in [0.717, 1.165) is 34.9 Å². The number of nitrogens with one attached hydrogen (secondary N) is 1. The molecular formula is C24H27FN4O.